The molecule has 3 heteroatoms. The molecule has 1 aliphatic heterocycles. The van der Waals surface area contributed by atoms with Crippen LogP contribution in [0.15, 0.2) is 22.7 Å². The number of rotatable bonds is 0. The van der Waals surface area contributed by atoms with E-state index in [2.05, 4.69) is 72.0 Å². The summed E-state index contributed by atoms with van der Waals surface area (Å²) in [6.07, 6.45) is 2.22. The Hall–Kier alpha value is 0.209. The van der Waals surface area contributed by atoms with Crippen LogP contribution < -0.4 is 0 Å². The van der Waals surface area contributed by atoms with Crippen LogP contribution in [0.3, 0.4) is 0 Å². The van der Waals surface area contributed by atoms with E-state index >= 15 is 0 Å². The molecule has 107 valence electrons. The third kappa shape index (κ3) is 6.01. The van der Waals surface area contributed by atoms with Crippen molar-refractivity contribution >= 4 is 21.5 Å². The monoisotopic (exact) mass is 335 g/mol. The van der Waals surface area contributed by atoms with Crippen molar-refractivity contribution in [1.29, 1.82) is 0 Å². The minimum absolute atomic E-state index is 0. The molecule has 2 heterocycles. The molecule has 0 nitrogen and oxygen atoms in total. The molecule has 0 saturated carbocycles. The van der Waals surface area contributed by atoms with Crippen LogP contribution in [0.2, 0.25) is 0 Å². The van der Waals surface area contributed by atoms with Crippen LogP contribution in [0.5, 0.6) is 0 Å². The van der Waals surface area contributed by atoms with Crippen LogP contribution in [0.1, 0.15) is 45.7 Å². The average molecular weight is 335 g/mol. The molecule has 0 spiro atoms. The van der Waals surface area contributed by atoms with Gasteiger partial charge in [-0.25, -0.2) is 0 Å². The van der Waals surface area contributed by atoms with Gasteiger partial charge in [-0.3, -0.25) is 0 Å². The van der Waals surface area contributed by atoms with E-state index < -0.39 is 0 Å². The molecule has 19 heavy (non-hydrogen) atoms. The molecule has 0 aromatic carbocycles. The van der Waals surface area contributed by atoms with E-state index in [0.717, 1.165) is 0 Å². The maximum absolute atomic E-state index is 2.44. The Balaban J connectivity index is 0.000000352. The molecule has 0 fully saturated rings. The van der Waals surface area contributed by atoms with Crippen LogP contribution in [0.4, 0.5) is 0 Å². The Labute approximate surface area is 132 Å². The van der Waals surface area contributed by atoms with Gasteiger partial charge in [-0.15, -0.1) is 7.53 Å². The van der Waals surface area contributed by atoms with E-state index in [1.54, 1.807) is 0 Å². The van der Waals surface area contributed by atoms with Gasteiger partial charge >= 0.3 is 0 Å². The van der Waals surface area contributed by atoms with Crippen molar-refractivity contribution in [3.05, 3.63) is 40.0 Å². The van der Waals surface area contributed by atoms with Crippen LogP contribution in [-0.4, -0.2) is 5.80 Å². The SMILES string of the molecule is CC1=C(C)C=P[CH]1.Cc1cp(C(C)(C)C)cc1C.[Fe]. The summed E-state index contributed by atoms with van der Waals surface area (Å²) in [5.41, 5.74) is 5.82. The first-order chi connectivity index (χ1) is 8.21. The fraction of sp³-hybridized carbons (Fsp3) is 0.500. The first-order valence-corrected chi connectivity index (χ1v) is 8.92. The first kappa shape index (κ1) is 19.2. The molecule has 0 aliphatic carbocycles. The zero-order valence-corrected chi connectivity index (χ0v) is 16.0. The normalized spacial score (nSPS) is 14.9. The minimum Gasteiger partial charge on any atom is -0.119 e. The third-order valence-corrected chi connectivity index (χ3v) is 7.17. The van der Waals surface area contributed by atoms with Crippen LogP contribution >= 0.6 is 15.7 Å². The van der Waals surface area contributed by atoms with E-state index in [-0.39, 0.29) is 24.6 Å². The summed E-state index contributed by atoms with van der Waals surface area (Å²) in [7, 11) is 1.37. The van der Waals surface area contributed by atoms with Crippen LogP contribution in [0.25, 0.3) is 0 Å². The molecule has 0 unspecified atom stereocenters. The molecular weight excluding hydrogens is 310 g/mol. The molecule has 0 N–H and O–H groups in total. The number of hydrogen-bond acceptors (Lipinski definition) is 0. The van der Waals surface area contributed by atoms with Crippen molar-refractivity contribution in [2.24, 2.45) is 0 Å². The Kier molecular flexibility index (Phi) is 7.94. The van der Waals surface area contributed by atoms with Crippen molar-refractivity contribution in [2.45, 2.75) is 53.6 Å². The number of aryl methyl sites for hydroxylation is 2. The van der Waals surface area contributed by atoms with Crippen LogP contribution in [-0.2, 0) is 22.2 Å². The molecular formula is C16H25FeP2. The average Bonchev–Trinajstić information content (AvgIpc) is 2.76. The quantitative estimate of drug-likeness (QED) is 0.386. The molecule has 0 atom stereocenters. The summed E-state index contributed by atoms with van der Waals surface area (Å²) >= 11 is 0. The second-order valence-electron chi connectivity index (χ2n) is 5.98. The van der Waals surface area contributed by atoms with Gasteiger partial charge in [-0.05, 0) is 61.8 Å². The van der Waals surface area contributed by atoms with Crippen LogP contribution in [0, 0.1) is 20.0 Å². The standard InChI is InChI=1S/C10H17P.C6H8P.Fe/c1-8-6-11(7-9(8)2)10(3,4)5;1-5-3-7-4-6(5)2;/h6-7H,1-5H3;3-4H,1-2H3;. The first-order valence-electron chi connectivity index (χ1n) is 6.41. The van der Waals surface area contributed by atoms with Gasteiger partial charge in [-0.2, -0.15) is 0 Å². The zero-order chi connectivity index (χ0) is 13.9. The van der Waals surface area contributed by atoms with Crippen molar-refractivity contribution < 1.29 is 17.1 Å². The summed E-state index contributed by atoms with van der Waals surface area (Å²) in [5.74, 6) is 7.09. The fourth-order valence-corrected chi connectivity index (χ4v) is 4.53. The molecule has 0 saturated heterocycles. The van der Waals surface area contributed by atoms with Gasteiger partial charge in [-0.1, -0.05) is 34.5 Å². The molecule has 1 aliphatic rings. The molecule has 0 bridgehead atoms. The maximum atomic E-state index is 2.44. The summed E-state index contributed by atoms with van der Waals surface area (Å²) in [6, 6.07) is 0. The second-order valence-corrected chi connectivity index (χ2v) is 9.46. The summed E-state index contributed by atoms with van der Waals surface area (Å²) < 4.78 is 0. The van der Waals surface area contributed by atoms with Crippen molar-refractivity contribution in [1.82, 2.24) is 0 Å². The predicted octanol–water partition coefficient (Wildman–Crippen LogP) is 6.29. The largest absolute Gasteiger partial charge is 0.119 e. The van der Waals surface area contributed by atoms with Crippen molar-refractivity contribution in [3.8, 4) is 0 Å². The van der Waals surface area contributed by atoms with Gasteiger partial charge in [0, 0.05) is 28.4 Å². The van der Waals surface area contributed by atoms with Gasteiger partial charge < -0.3 is 0 Å². The third-order valence-electron chi connectivity index (χ3n) is 3.22. The fourth-order valence-electron chi connectivity index (χ4n) is 1.51. The predicted molar refractivity (Wildman–Crippen MR) is 89.3 cm³/mol. The maximum Gasteiger partial charge on any atom is 0.0363 e. The molecule has 2 rings (SSSR count). The second kappa shape index (κ2) is 7.85. The van der Waals surface area contributed by atoms with Crippen molar-refractivity contribution in [3.63, 3.8) is 0 Å². The van der Waals surface area contributed by atoms with Gasteiger partial charge in [0.25, 0.3) is 0 Å². The van der Waals surface area contributed by atoms with Crippen molar-refractivity contribution in [2.75, 3.05) is 0 Å². The van der Waals surface area contributed by atoms with Gasteiger partial charge in [0.05, 0.1) is 0 Å². The van der Waals surface area contributed by atoms with Gasteiger partial charge in [0.1, 0.15) is 0 Å². The zero-order valence-electron chi connectivity index (χ0n) is 13.1. The van der Waals surface area contributed by atoms with Gasteiger partial charge in [0.15, 0.2) is 0 Å². The number of allylic oxidation sites excluding steroid dienone is 2. The Bertz CT molecular complexity index is 454. The minimum atomic E-state index is 0. The number of hydrogen-bond donors (Lipinski definition) is 0. The topological polar surface area (TPSA) is 0 Å². The molecule has 1 aromatic rings. The summed E-state index contributed by atoms with van der Waals surface area (Å²) in [6.45, 7) is 15.7. The Morgan fingerprint density at radius 1 is 0.895 bits per heavy atom. The van der Waals surface area contributed by atoms with Gasteiger partial charge in [0.2, 0.25) is 0 Å². The van der Waals surface area contributed by atoms with E-state index in [9.17, 15) is 0 Å². The van der Waals surface area contributed by atoms with E-state index in [1.165, 1.54) is 30.5 Å². The molecule has 0 amide bonds. The Morgan fingerprint density at radius 3 is 1.53 bits per heavy atom. The summed E-state index contributed by atoms with van der Waals surface area (Å²) in [5, 5.41) is 0.453. The Morgan fingerprint density at radius 2 is 1.37 bits per heavy atom. The summed E-state index contributed by atoms with van der Waals surface area (Å²) in [4.78, 5) is 0. The molecule has 1 aromatic heterocycles. The smallest absolute Gasteiger partial charge is 0.0363 e. The molecule has 1 radical (unpaired) electrons. The van der Waals surface area contributed by atoms with E-state index in [0.29, 0.717) is 5.16 Å². The van der Waals surface area contributed by atoms with E-state index in [1.807, 2.05) is 0 Å². The van der Waals surface area contributed by atoms with E-state index in [4.69, 9.17) is 0 Å².